The molecule has 1 aliphatic heterocycles. The van der Waals surface area contributed by atoms with Gasteiger partial charge in [0.2, 0.25) is 10.0 Å². The Bertz CT molecular complexity index is 704. The summed E-state index contributed by atoms with van der Waals surface area (Å²) in [5, 5.41) is 13.6. The van der Waals surface area contributed by atoms with E-state index in [9.17, 15) is 31.7 Å². The number of nitrogens with zero attached hydrogens (tertiary/aromatic N) is 2. The molecule has 0 spiro atoms. The maximum absolute atomic E-state index is 13.2. The summed E-state index contributed by atoms with van der Waals surface area (Å²) < 4.78 is 65.5. The van der Waals surface area contributed by atoms with Crippen molar-refractivity contribution in [2.75, 3.05) is 26.2 Å². The summed E-state index contributed by atoms with van der Waals surface area (Å²) >= 11 is 0. The third-order valence-corrected chi connectivity index (χ3v) is 5.35. The molecule has 0 atom stereocenters. The molecular weight excluding hydrogens is 375 g/mol. The Kier molecular flexibility index (Phi) is 6.56. The lowest BCUT2D eigenvalue weighted by molar-refractivity contribution is -0.385. The van der Waals surface area contributed by atoms with Crippen molar-refractivity contribution in [3.63, 3.8) is 0 Å². The molecule has 0 aromatic heterocycles. The fraction of sp³-hybridized carbons (Fsp3) is 0.500. The van der Waals surface area contributed by atoms with E-state index in [1.165, 1.54) is 0 Å². The number of non-ortho nitro benzene ring substituents is 1. The molecule has 24 heavy (non-hydrogen) atoms. The molecule has 1 saturated heterocycles. The van der Waals surface area contributed by atoms with Crippen LogP contribution >= 0.6 is 12.4 Å². The maximum Gasteiger partial charge on any atom is 0.417 e. The summed E-state index contributed by atoms with van der Waals surface area (Å²) in [6.07, 6.45) is -4.55. The van der Waals surface area contributed by atoms with Gasteiger partial charge in [0.05, 0.1) is 15.4 Å². The second-order valence-electron chi connectivity index (χ2n) is 4.94. The number of nitro benzene ring substituents is 1. The number of hydrogen-bond acceptors (Lipinski definition) is 5. The number of alkyl halides is 3. The van der Waals surface area contributed by atoms with Crippen LogP contribution in [0.2, 0.25) is 0 Å². The first kappa shape index (κ1) is 20.6. The fourth-order valence-electron chi connectivity index (χ4n) is 2.28. The standard InChI is InChI=1S/C12H14F3N3O4S.ClH/c13-12(14,15)10-8-9(18(19)20)2-3-11(10)23(21,22)17-6-1-4-16-5-7-17;/h2-3,8,16H,1,4-7H2;1H. The first-order valence-corrected chi connectivity index (χ1v) is 8.14. The summed E-state index contributed by atoms with van der Waals surface area (Å²) in [5.74, 6) is 0. The summed E-state index contributed by atoms with van der Waals surface area (Å²) in [7, 11) is -4.39. The van der Waals surface area contributed by atoms with Crippen LogP contribution in [-0.2, 0) is 16.2 Å². The Morgan fingerprint density at radius 2 is 1.88 bits per heavy atom. The van der Waals surface area contributed by atoms with Crippen molar-refractivity contribution in [1.29, 1.82) is 0 Å². The van der Waals surface area contributed by atoms with Crippen molar-refractivity contribution < 1.29 is 26.5 Å². The Hall–Kier alpha value is -1.43. The first-order valence-electron chi connectivity index (χ1n) is 6.70. The van der Waals surface area contributed by atoms with Gasteiger partial charge in [-0.3, -0.25) is 10.1 Å². The molecule has 0 saturated carbocycles. The zero-order valence-electron chi connectivity index (χ0n) is 12.2. The summed E-state index contributed by atoms with van der Waals surface area (Å²) in [5.41, 5.74) is -2.34. The number of hydrogen-bond donors (Lipinski definition) is 1. The van der Waals surface area contributed by atoms with E-state index in [4.69, 9.17) is 0 Å². The van der Waals surface area contributed by atoms with E-state index in [0.29, 0.717) is 25.6 Å². The van der Waals surface area contributed by atoms with E-state index >= 15 is 0 Å². The van der Waals surface area contributed by atoms with Crippen LogP contribution < -0.4 is 5.32 Å². The normalized spacial score (nSPS) is 17.0. The molecule has 0 aliphatic carbocycles. The second-order valence-corrected chi connectivity index (χ2v) is 6.85. The predicted molar refractivity (Wildman–Crippen MR) is 81.6 cm³/mol. The highest BCUT2D eigenvalue weighted by molar-refractivity contribution is 7.89. The predicted octanol–water partition coefficient (Wildman–Crippen LogP) is 2.02. The van der Waals surface area contributed by atoms with Crippen LogP contribution in [0, 0.1) is 10.1 Å². The Balaban J connectivity index is 0.00000288. The van der Waals surface area contributed by atoms with Crippen LogP contribution in [0.1, 0.15) is 12.0 Å². The molecule has 0 radical (unpaired) electrons. The quantitative estimate of drug-likeness (QED) is 0.630. The molecular formula is C12H15ClF3N3O4S. The molecule has 12 heteroatoms. The van der Waals surface area contributed by atoms with Gasteiger partial charge in [0.15, 0.2) is 0 Å². The molecule has 1 fully saturated rings. The molecule has 0 amide bonds. The average molecular weight is 390 g/mol. The van der Waals surface area contributed by atoms with Gasteiger partial charge in [0.25, 0.3) is 5.69 Å². The van der Waals surface area contributed by atoms with Crippen molar-refractivity contribution in [1.82, 2.24) is 9.62 Å². The van der Waals surface area contributed by atoms with E-state index in [1.807, 2.05) is 0 Å². The van der Waals surface area contributed by atoms with Crippen LogP contribution in [0.4, 0.5) is 18.9 Å². The molecule has 2 rings (SSSR count). The third kappa shape index (κ3) is 4.35. The van der Waals surface area contributed by atoms with E-state index in [1.54, 1.807) is 0 Å². The van der Waals surface area contributed by atoms with Gasteiger partial charge in [0.1, 0.15) is 0 Å². The smallest absolute Gasteiger partial charge is 0.315 e. The van der Waals surface area contributed by atoms with Crippen molar-refractivity contribution in [2.45, 2.75) is 17.5 Å². The van der Waals surface area contributed by atoms with E-state index in [0.717, 1.165) is 10.4 Å². The van der Waals surface area contributed by atoms with E-state index < -0.39 is 37.3 Å². The van der Waals surface area contributed by atoms with Crippen molar-refractivity contribution in [3.8, 4) is 0 Å². The highest BCUT2D eigenvalue weighted by Crippen LogP contribution is 2.37. The number of nitrogens with one attached hydrogen (secondary N) is 1. The molecule has 7 nitrogen and oxygen atoms in total. The summed E-state index contributed by atoms with van der Waals surface area (Å²) in [6.45, 7) is 1.02. The molecule has 1 aromatic carbocycles. The lowest BCUT2D eigenvalue weighted by Crippen LogP contribution is -2.35. The molecule has 1 aliphatic rings. The molecule has 1 N–H and O–H groups in total. The van der Waals surface area contributed by atoms with Gasteiger partial charge in [-0.15, -0.1) is 12.4 Å². The van der Waals surface area contributed by atoms with Crippen LogP contribution in [0.15, 0.2) is 23.1 Å². The van der Waals surface area contributed by atoms with Crippen molar-refractivity contribution >= 4 is 28.1 Å². The molecule has 1 aromatic rings. The van der Waals surface area contributed by atoms with Gasteiger partial charge in [-0.2, -0.15) is 17.5 Å². The fourth-order valence-corrected chi connectivity index (χ4v) is 3.95. The number of nitro groups is 1. The zero-order valence-corrected chi connectivity index (χ0v) is 13.9. The van der Waals surface area contributed by atoms with Gasteiger partial charge in [0, 0.05) is 31.8 Å². The lowest BCUT2D eigenvalue weighted by atomic mass is 10.2. The number of halogens is 4. The van der Waals surface area contributed by atoms with E-state index in [2.05, 4.69) is 5.32 Å². The van der Waals surface area contributed by atoms with Gasteiger partial charge in [-0.1, -0.05) is 0 Å². The highest BCUT2D eigenvalue weighted by atomic mass is 35.5. The number of rotatable bonds is 3. The molecule has 136 valence electrons. The first-order chi connectivity index (χ1) is 10.6. The molecule has 0 bridgehead atoms. The maximum atomic E-state index is 13.2. The largest absolute Gasteiger partial charge is 0.417 e. The Morgan fingerprint density at radius 1 is 1.21 bits per heavy atom. The van der Waals surface area contributed by atoms with Crippen LogP contribution in [-0.4, -0.2) is 43.8 Å². The average Bonchev–Trinajstić information content (AvgIpc) is 2.75. The summed E-state index contributed by atoms with van der Waals surface area (Å²) in [6, 6.07) is 1.66. The van der Waals surface area contributed by atoms with Crippen LogP contribution in [0.3, 0.4) is 0 Å². The van der Waals surface area contributed by atoms with Gasteiger partial charge >= 0.3 is 6.18 Å². The third-order valence-electron chi connectivity index (χ3n) is 3.40. The summed E-state index contributed by atoms with van der Waals surface area (Å²) in [4.78, 5) is 8.70. The minimum atomic E-state index is -5.02. The molecule has 1 heterocycles. The number of benzene rings is 1. The minimum Gasteiger partial charge on any atom is -0.315 e. The highest BCUT2D eigenvalue weighted by Gasteiger charge is 2.40. The minimum absolute atomic E-state index is 0. The van der Waals surface area contributed by atoms with Gasteiger partial charge < -0.3 is 5.32 Å². The van der Waals surface area contributed by atoms with Crippen molar-refractivity contribution in [3.05, 3.63) is 33.9 Å². The monoisotopic (exact) mass is 389 g/mol. The zero-order chi connectivity index (χ0) is 17.3. The van der Waals surface area contributed by atoms with Gasteiger partial charge in [-0.25, -0.2) is 8.42 Å². The lowest BCUT2D eigenvalue weighted by Gasteiger charge is -2.22. The Labute approximate surface area is 142 Å². The van der Waals surface area contributed by atoms with Crippen LogP contribution in [0.25, 0.3) is 0 Å². The number of sulfonamides is 1. The van der Waals surface area contributed by atoms with Crippen molar-refractivity contribution in [2.24, 2.45) is 0 Å². The van der Waals surface area contributed by atoms with Crippen LogP contribution in [0.5, 0.6) is 0 Å². The topological polar surface area (TPSA) is 92.5 Å². The van der Waals surface area contributed by atoms with E-state index in [-0.39, 0.29) is 31.6 Å². The van der Waals surface area contributed by atoms with Gasteiger partial charge in [-0.05, 0) is 19.0 Å². The Morgan fingerprint density at radius 3 is 2.46 bits per heavy atom. The SMILES string of the molecule is Cl.O=[N+]([O-])c1ccc(S(=O)(=O)N2CCCNCC2)c(C(F)(F)F)c1. The second kappa shape index (κ2) is 7.64. The molecule has 0 unspecified atom stereocenters.